The number of rotatable bonds is 10. The van der Waals surface area contributed by atoms with Crippen LogP contribution in [0.2, 0.25) is 0 Å². The number of hydrogen-bond acceptors (Lipinski definition) is 9. The highest BCUT2D eigenvalue weighted by atomic mass is 32.2. The van der Waals surface area contributed by atoms with E-state index in [1.807, 2.05) is 0 Å². The van der Waals surface area contributed by atoms with E-state index >= 15 is 0 Å². The number of halogens is 3. The Kier molecular flexibility index (Phi) is 7.26. The molecule has 0 spiro atoms. The van der Waals surface area contributed by atoms with Crippen molar-refractivity contribution in [3.8, 4) is 10.6 Å². The number of carboxylic acids is 1. The number of alkyl carbamates (subject to hydrolysis) is 1. The van der Waals surface area contributed by atoms with Crippen LogP contribution in [0.1, 0.15) is 17.7 Å². The Balaban J connectivity index is 1.63. The van der Waals surface area contributed by atoms with Crippen LogP contribution >= 0.6 is 11.3 Å². The van der Waals surface area contributed by atoms with Crippen molar-refractivity contribution in [2.45, 2.75) is 27.8 Å². The van der Waals surface area contributed by atoms with Crippen LogP contribution < -0.4 is 10.0 Å². The van der Waals surface area contributed by atoms with Gasteiger partial charge in [0.05, 0.1) is 16.9 Å². The summed E-state index contributed by atoms with van der Waals surface area (Å²) in [4.78, 5) is 24.5. The first-order valence-corrected chi connectivity index (χ1v) is 13.1. The molecule has 11 nitrogen and oxygen atoms in total. The fraction of sp³-hybridized carbons (Fsp3) is 0.318. The van der Waals surface area contributed by atoms with Crippen LogP contribution in [0.4, 0.5) is 18.0 Å². The number of amides is 1. The fourth-order valence-electron chi connectivity index (χ4n) is 4.03. The van der Waals surface area contributed by atoms with E-state index in [2.05, 4.69) is 19.7 Å². The number of sulfonamides is 1. The minimum atomic E-state index is -4.78. The van der Waals surface area contributed by atoms with Crippen molar-refractivity contribution in [3.63, 3.8) is 0 Å². The standard InChI is InChI=1S/C22H20F3N3O8S2/c23-22(24,25)16-10-14(27-36-16)15-6-7-17(37-15)38(33,34)28-21(18(30)31)11-20(21,13-4-2-1-3-5-13)12-35-19(32)26-8-9-29/h1-7,10,28-29H,8-9,11-12H2,(H,26,32)(H,30,31). The number of nitrogens with one attached hydrogen (secondary N) is 2. The second-order valence-electron chi connectivity index (χ2n) is 8.36. The molecule has 0 saturated heterocycles. The second-order valence-corrected chi connectivity index (χ2v) is 11.4. The average molecular weight is 576 g/mol. The van der Waals surface area contributed by atoms with Gasteiger partial charge in [0.1, 0.15) is 22.0 Å². The van der Waals surface area contributed by atoms with Gasteiger partial charge in [0, 0.05) is 12.6 Å². The maximum absolute atomic E-state index is 13.3. The van der Waals surface area contributed by atoms with Crippen LogP contribution in [-0.4, -0.2) is 61.1 Å². The molecular weight excluding hydrogens is 555 g/mol. The van der Waals surface area contributed by atoms with Crippen molar-refractivity contribution < 1.29 is 50.7 Å². The molecular formula is C22H20F3N3O8S2. The van der Waals surface area contributed by atoms with E-state index in [4.69, 9.17) is 9.84 Å². The molecule has 2 unspecified atom stereocenters. The number of thiophene rings is 1. The number of aliphatic hydroxyl groups is 1. The van der Waals surface area contributed by atoms with Crippen molar-refractivity contribution in [1.82, 2.24) is 15.2 Å². The van der Waals surface area contributed by atoms with Crippen LogP contribution in [0.15, 0.2) is 57.3 Å². The lowest BCUT2D eigenvalue weighted by Gasteiger charge is -2.24. The largest absolute Gasteiger partial charge is 0.480 e. The molecule has 16 heteroatoms. The summed E-state index contributed by atoms with van der Waals surface area (Å²) in [5, 5.41) is 24.6. The van der Waals surface area contributed by atoms with Crippen LogP contribution in [0.5, 0.6) is 0 Å². The highest BCUT2D eigenvalue weighted by Gasteiger charge is 2.75. The summed E-state index contributed by atoms with van der Waals surface area (Å²) >= 11 is 0.568. The molecule has 0 aliphatic heterocycles. The van der Waals surface area contributed by atoms with Crippen LogP contribution in [0.25, 0.3) is 10.6 Å². The van der Waals surface area contributed by atoms with Gasteiger partial charge in [-0.2, -0.15) is 17.9 Å². The third-order valence-electron chi connectivity index (χ3n) is 5.98. The van der Waals surface area contributed by atoms with E-state index in [0.717, 1.165) is 6.07 Å². The van der Waals surface area contributed by atoms with Gasteiger partial charge in [-0.1, -0.05) is 35.5 Å². The zero-order valence-electron chi connectivity index (χ0n) is 19.2. The van der Waals surface area contributed by atoms with Crippen LogP contribution in [0.3, 0.4) is 0 Å². The molecule has 4 N–H and O–H groups in total. The maximum Gasteiger partial charge on any atom is 0.452 e. The molecule has 1 aliphatic carbocycles. The third kappa shape index (κ3) is 5.11. The van der Waals surface area contributed by atoms with Gasteiger partial charge >= 0.3 is 18.2 Å². The third-order valence-corrected chi connectivity index (χ3v) is 9.07. The number of carbonyl (C=O) groups excluding carboxylic acids is 1. The van der Waals surface area contributed by atoms with E-state index in [0.29, 0.717) is 23.0 Å². The molecule has 2 aromatic heterocycles. The van der Waals surface area contributed by atoms with Gasteiger partial charge in [-0.25, -0.2) is 13.2 Å². The number of alkyl halides is 3. The first-order valence-electron chi connectivity index (χ1n) is 10.8. The normalized spacial score (nSPS) is 21.2. The summed E-state index contributed by atoms with van der Waals surface area (Å²) in [6, 6.07) is 11.0. The minimum absolute atomic E-state index is 0.0445. The van der Waals surface area contributed by atoms with E-state index in [1.54, 1.807) is 30.3 Å². The Hall–Kier alpha value is -3.47. The van der Waals surface area contributed by atoms with Crippen LogP contribution in [0, 0.1) is 0 Å². The molecule has 2 heterocycles. The summed E-state index contributed by atoms with van der Waals surface area (Å²) in [5.41, 5.74) is -3.43. The van der Waals surface area contributed by atoms with Gasteiger partial charge in [-0.15, -0.1) is 11.3 Å². The molecule has 38 heavy (non-hydrogen) atoms. The number of nitrogens with zero attached hydrogens (tertiary/aromatic N) is 1. The van der Waals surface area contributed by atoms with Crippen molar-refractivity contribution >= 4 is 33.4 Å². The Morgan fingerprint density at radius 2 is 1.89 bits per heavy atom. The monoisotopic (exact) mass is 575 g/mol. The lowest BCUT2D eigenvalue weighted by atomic mass is 9.91. The average Bonchev–Trinajstić information content (AvgIpc) is 3.23. The lowest BCUT2D eigenvalue weighted by Crippen LogP contribution is -2.50. The van der Waals surface area contributed by atoms with Crippen molar-refractivity contribution in [2.75, 3.05) is 19.8 Å². The predicted molar refractivity (Wildman–Crippen MR) is 125 cm³/mol. The summed E-state index contributed by atoms with van der Waals surface area (Å²) in [5.74, 6) is -2.88. The molecule has 2 atom stereocenters. The topological polar surface area (TPSA) is 168 Å². The van der Waals surface area contributed by atoms with Gasteiger partial charge in [0.15, 0.2) is 0 Å². The number of aliphatic hydroxyl groups excluding tert-OH is 1. The van der Waals surface area contributed by atoms with E-state index in [-0.39, 0.29) is 34.4 Å². The Morgan fingerprint density at radius 3 is 2.50 bits per heavy atom. The molecule has 0 bridgehead atoms. The lowest BCUT2D eigenvalue weighted by molar-refractivity contribution is -0.155. The number of aliphatic carboxylic acids is 1. The summed E-state index contributed by atoms with van der Waals surface area (Å²) in [6.45, 7) is -0.963. The van der Waals surface area contributed by atoms with Crippen molar-refractivity contribution in [1.29, 1.82) is 0 Å². The van der Waals surface area contributed by atoms with E-state index in [9.17, 15) is 36.3 Å². The first-order chi connectivity index (χ1) is 17.8. The molecule has 4 rings (SSSR count). The molecule has 1 aliphatic rings. The number of aromatic nitrogens is 1. The van der Waals surface area contributed by atoms with E-state index < -0.39 is 51.6 Å². The predicted octanol–water partition coefficient (Wildman–Crippen LogP) is 2.58. The zero-order valence-corrected chi connectivity index (χ0v) is 20.8. The summed E-state index contributed by atoms with van der Waals surface area (Å²) in [7, 11) is -4.52. The van der Waals surface area contributed by atoms with Gasteiger partial charge in [-0.05, 0) is 24.1 Å². The molecule has 204 valence electrons. The number of carbonyl (C=O) groups is 2. The number of carboxylic acid groups (broad SMARTS) is 1. The summed E-state index contributed by atoms with van der Waals surface area (Å²) < 4.78 is 76.3. The van der Waals surface area contributed by atoms with Gasteiger partial charge in [0.25, 0.3) is 10.0 Å². The molecule has 1 fully saturated rings. The maximum atomic E-state index is 13.3. The molecule has 3 aromatic rings. The second kappa shape index (κ2) is 10.0. The number of ether oxygens (including phenoxy) is 1. The van der Waals surface area contributed by atoms with Crippen molar-refractivity contribution in [3.05, 3.63) is 59.9 Å². The fourth-order valence-corrected chi connectivity index (χ4v) is 6.72. The van der Waals surface area contributed by atoms with E-state index in [1.165, 1.54) is 6.07 Å². The highest BCUT2D eigenvalue weighted by Crippen LogP contribution is 2.59. The van der Waals surface area contributed by atoms with Crippen LogP contribution in [-0.2, 0) is 31.1 Å². The molecule has 0 radical (unpaired) electrons. The number of hydrogen-bond donors (Lipinski definition) is 4. The van der Waals surface area contributed by atoms with Crippen molar-refractivity contribution in [2.24, 2.45) is 0 Å². The smallest absolute Gasteiger partial charge is 0.452 e. The Labute approximate surface area is 217 Å². The quantitative estimate of drug-likeness (QED) is 0.284. The highest BCUT2D eigenvalue weighted by molar-refractivity contribution is 7.91. The zero-order chi connectivity index (χ0) is 27.8. The molecule has 1 saturated carbocycles. The molecule has 1 amide bonds. The van der Waals surface area contributed by atoms with Gasteiger partial charge < -0.3 is 24.8 Å². The first kappa shape index (κ1) is 27.6. The van der Waals surface area contributed by atoms with Gasteiger partial charge in [0.2, 0.25) is 5.76 Å². The van der Waals surface area contributed by atoms with Gasteiger partial charge in [-0.3, -0.25) is 4.79 Å². The molecule has 1 aromatic carbocycles. The minimum Gasteiger partial charge on any atom is -0.480 e. The summed E-state index contributed by atoms with van der Waals surface area (Å²) in [6.07, 6.45) is -5.98. The Bertz CT molecular complexity index is 1440. The Morgan fingerprint density at radius 1 is 1.18 bits per heavy atom. The SMILES string of the molecule is O=C(NCCO)OCC1(c2ccccc2)CC1(NS(=O)(=O)c1ccc(-c2cc(C(F)(F)F)on2)s1)C(=O)O. The number of benzene rings is 1.